The van der Waals surface area contributed by atoms with Crippen molar-refractivity contribution in [2.24, 2.45) is 0 Å². The molecule has 118 valence electrons. The van der Waals surface area contributed by atoms with Gasteiger partial charge in [0.25, 0.3) is 5.69 Å². The normalized spacial score (nSPS) is 10.9. The lowest BCUT2D eigenvalue weighted by molar-refractivity contribution is -0.384. The quantitative estimate of drug-likeness (QED) is 0.348. The first-order chi connectivity index (χ1) is 11.0. The molecular weight excluding hydrogens is 308 g/mol. The predicted molar refractivity (Wildman–Crippen MR) is 79.5 cm³/mol. The molecular formula is C16H11F2NO4. The van der Waals surface area contributed by atoms with Crippen LogP contribution in [0.3, 0.4) is 0 Å². The number of benzene rings is 2. The number of alkyl halides is 2. The van der Waals surface area contributed by atoms with Crippen LogP contribution < -0.4 is 4.74 Å². The summed E-state index contributed by atoms with van der Waals surface area (Å²) in [5.41, 5.74) is 0.315. The standard InChI is InChI=1S/C16H11F2NO4/c17-16(18)23-15-7-2-1-6-13(15)14(20)9-8-11-4-3-5-12(10-11)19(21)22/h1-10,16H. The van der Waals surface area contributed by atoms with E-state index in [1.165, 1.54) is 48.5 Å². The highest BCUT2D eigenvalue weighted by atomic mass is 19.3. The summed E-state index contributed by atoms with van der Waals surface area (Å²) in [6.45, 7) is -3.04. The van der Waals surface area contributed by atoms with Crippen LogP contribution in [0.5, 0.6) is 5.75 Å². The summed E-state index contributed by atoms with van der Waals surface area (Å²) < 4.78 is 28.9. The fourth-order valence-electron chi connectivity index (χ4n) is 1.87. The third-order valence-corrected chi connectivity index (χ3v) is 2.88. The number of nitrogens with zero attached hydrogens (tertiary/aromatic N) is 1. The highest BCUT2D eigenvalue weighted by Gasteiger charge is 2.13. The number of hydrogen-bond acceptors (Lipinski definition) is 4. The second-order valence-electron chi connectivity index (χ2n) is 4.42. The first kappa shape index (κ1) is 16.3. The molecule has 0 bridgehead atoms. The van der Waals surface area contributed by atoms with Crippen molar-refractivity contribution in [2.75, 3.05) is 0 Å². The van der Waals surface area contributed by atoms with Crippen LogP contribution in [-0.2, 0) is 0 Å². The zero-order valence-electron chi connectivity index (χ0n) is 11.7. The molecule has 0 atom stereocenters. The van der Waals surface area contributed by atoms with Crippen LogP contribution in [0.2, 0.25) is 0 Å². The molecule has 7 heteroatoms. The van der Waals surface area contributed by atoms with Crippen molar-refractivity contribution in [3.8, 4) is 5.75 Å². The monoisotopic (exact) mass is 319 g/mol. The molecule has 0 aliphatic rings. The van der Waals surface area contributed by atoms with Gasteiger partial charge in [0.1, 0.15) is 5.75 Å². The number of ketones is 1. The maximum absolute atomic E-state index is 12.3. The van der Waals surface area contributed by atoms with E-state index < -0.39 is 17.3 Å². The minimum absolute atomic E-state index is 0.0190. The Balaban J connectivity index is 2.22. The summed E-state index contributed by atoms with van der Waals surface area (Å²) in [6, 6.07) is 11.3. The van der Waals surface area contributed by atoms with Crippen molar-refractivity contribution >= 4 is 17.5 Å². The highest BCUT2D eigenvalue weighted by molar-refractivity contribution is 6.08. The molecule has 5 nitrogen and oxygen atoms in total. The number of nitro groups is 1. The number of carbonyl (C=O) groups is 1. The Bertz CT molecular complexity index is 759. The van der Waals surface area contributed by atoms with Gasteiger partial charge in [0.15, 0.2) is 5.78 Å². The van der Waals surface area contributed by atoms with Crippen molar-refractivity contribution in [3.63, 3.8) is 0 Å². The van der Waals surface area contributed by atoms with Crippen molar-refractivity contribution in [1.82, 2.24) is 0 Å². The molecule has 0 aliphatic heterocycles. The van der Waals surface area contributed by atoms with Crippen LogP contribution in [-0.4, -0.2) is 17.3 Å². The zero-order chi connectivity index (χ0) is 16.8. The van der Waals surface area contributed by atoms with Gasteiger partial charge in [-0.15, -0.1) is 0 Å². The van der Waals surface area contributed by atoms with E-state index in [9.17, 15) is 23.7 Å². The van der Waals surface area contributed by atoms with Gasteiger partial charge >= 0.3 is 6.61 Å². The minimum Gasteiger partial charge on any atom is -0.434 e. The number of hydrogen-bond donors (Lipinski definition) is 0. The van der Waals surface area contributed by atoms with Crippen molar-refractivity contribution in [2.45, 2.75) is 6.61 Å². The van der Waals surface area contributed by atoms with Gasteiger partial charge in [0.2, 0.25) is 0 Å². The molecule has 0 heterocycles. The smallest absolute Gasteiger partial charge is 0.387 e. The van der Waals surface area contributed by atoms with Gasteiger partial charge in [-0.1, -0.05) is 30.3 Å². The largest absolute Gasteiger partial charge is 0.434 e. The predicted octanol–water partition coefficient (Wildman–Crippen LogP) is 4.09. The summed E-state index contributed by atoms with van der Waals surface area (Å²) in [5.74, 6) is -0.774. The first-order valence-corrected chi connectivity index (χ1v) is 6.48. The Morgan fingerprint density at radius 2 is 1.91 bits per heavy atom. The number of non-ortho nitro benzene ring substituents is 1. The molecule has 0 fully saturated rings. The number of nitro benzene ring substituents is 1. The molecule has 0 radical (unpaired) electrons. The van der Waals surface area contributed by atoms with Crippen LogP contribution >= 0.6 is 0 Å². The lowest BCUT2D eigenvalue weighted by atomic mass is 10.1. The Kier molecular flexibility index (Phi) is 5.14. The summed E-state index contributed by atoms with van der Waals surface area (Å²) in [4.78, 5) is 22.2. The van der Waals surface area contributed by atoms with Crippen LogP contribution in [0, 0.1) is 10.1 Å². The van der Waals surface area contributed by atoms with Crippen LogP contribution in [0.25, 0.3) is 6.08 Å². The van der Waals surface area contributed by atoms with Gasteiger partial charge in [-0.3, -0.25) is 14.9 Å². The van der Waals surface area contributed by atoms with Crippen molar-refractivity contribution in [1.29, 1.82) is 0 Å². The average molecular weight is 319 g/mol. The Hall–Kier alpha value is -3.09. The Labute approximate surface area is 130 Å². The van der Waals surface area contributed by atoms with E-state index in [4.69, 9.17) is 0 Å². The summed E-state index contributed by atoms with van der Waals surface area (Å²) in [5, 5.41) is 10.7. The van der Waals surface area contributed by atoms with Gasteiger partial charge < -0.3 is 4.74 Å². The molecule has 0 unspecified atom stereocenters. The molecule has 0 N–H and O–H groups in total. The zero-order valence-corrected chi connectivity index (χ0v) is 11.7. The van der Waals surface area contributed by atoms with E-state index in [0.29, 0.717) is 5.56 Å². The Morgan fingerprint density at radius 1 is 1.17 bits per heavy atom. The van der Waals surface area contributed by atoms with E-state index >= 15 is 0 Å². The topological polar surface area (TPSA) is 69.4 Å². The van der Waals surface area contributed by atoms with E-state index in [1.54, 1.807) is 6.07 Å². The maximum atomic E-state index is 12.3. The van der Waals surface area contributed by atoms with E-state index in [1.807, 2.05) is 0 Å². The van der Waals surface area contributed by atoms with E-state index in [2.05, 4.69) is 4.74 Å². The number of para-hydroxylation sites is 1. The van der Waals surface area contributed by atoms with E-state index in [-0.39, 0.29) is 17.0 Å². The third-order valence-electron chi connectivity index (χ3n) is 2.88. The summed E-state index contributed by atoms with van der Waals surface area (Å²) in [6.07, 6.45) is 2.52. The highest BCUT2D eigenvalue weighted by Crippen LogP contribution is 2.22. The van der Waals surface area contributed by atoms with Gasteiger partial charge in [-0.25, -0.2) is 0 Å². The molecule has 2 aromatic rings. The number of ether oxygens (including phenoxy) is 1. The number of halogens is 2. The van der Waals surface area contributed by atoms with Crippen molar-refractivity contribution < 1.29 is 23.2 Å². The van der Waals surface area contributed by atoms with Gasteiger partial charge in [0.05, 0.1) is 10.5 Å². The maximum Gasteiger partial charge on any atom is 0.387 e. The molecule has 2 rings (SSSR count). The summed E-state index contributed by atoms with van der Waals surface area (Å²) in [7, 11) is 0. The fraction of sp³-hybridized carbons (Fsp3) is 0.0625. The number of allylic oxidation sites excluding steroid dienone is 1. The molecule has 23 heavy (non-hydrogen) atoms. The minimum atomic E-state index is -3.04. The van der Waals surface area contributed by atoms with Gasteiger partial charge in [-0.2, -0.15) is 8.78 Å². The average Bonchev–Trinajstić information content (AvgIpc) is 2.53. The molecule has 0 spiro atoms. The SMILES string of the molecule is O=C(C=Cc1cccc([N+](=O)[O-])c1)c1ccccc1OC(F)F. The van der Waals surface area contributed by atoms with Gasteiger partial charge in [-0.05, 0) is 23.8 Å². The first-order valence-electron chi connectivity index (χ1n) is 6.48. The lowest BCUT2D eigenvalue weighted by Gasteiger charge is -2.07. The summed E-state index contributed by atoms with van der Waals surface area (Å²) >= 11 is 0. The lowest BCUT2D eigenvalue weighted by Crippen LogP contribution is -2.06. The third kappa shape index (κ3) is 4.44. The molecule has 0 saturated heterocycles. The molecule has 2 aromatic carbocycles. The van der Waals surface area contributed by atoms with Crippen LogP contribution in [0.15, 0.2) is 54.6 Å². The molecule has 0 saturated carbocycles. The fourth-order valence-corrected chi connectivity index (χ4v) is 1.87. The molecule has 0 aromatic heterocycles. The molecule has 0 aliphatic carbocycles. The van der Waals surface area contributed by atoms with Crippen LogP contribution in [0.1, 0.15) is 15.9 Å². The second-order valence-corrected chi connectivity index (χ2v) is 4.42. The van der Waals surface area contributed by atoms with Gasteiger partial charge in [0, 0.05) is 12.1 Å². The Morgan fingerprint density at radius 3 is 2.61 bits per heavy atom. The van der Waals surface area contributed by atoms with E-state index in [0.717, 1.165) is 6.08 Å². The number of carbonyl (C=O) groups excluding carboxylic acids is 1. The second kappa shape index (κ2) is 7.26. The molecule has 0 amide bonds. The van der Waals surface area contributed by atoms with Crippen LogP contribution in [0.4, 0.5) is 14.5 Å². The number of rotatable bonds is 6. The van der Waals surface area contributed by atoms with Crippen molar-refractivity contribution in [3.05, 3.63) is 75.8 Å².